The molecule has 0 bridgehead atoms. The molecule has 1 aromatic heterocycles. The number of rotatable bonds is 5. The molecule has 29 heavy (non-hydrogen) atoms. The van der Waals surface area contributed by atoms with Crippen LogP contribution in [0.15, 0.2) is 48.5 Å². The number of methoxy groups -OCH3 is 2. The summed E-state index contributed by atoms with van der Waals surface area (Å²) in [5, 5.41) is 15.6. The average molecular weight is 416 g/mol. The van der Waals surface area contributed by atoms with E-state index in [4.69, 9.17) is 21.1 Å². The first-order chi connectivity index (χ1) is 13.9. The molecule has 0 aliphatic heterocycles. The molecule has 0 aliphatic rings. The van der Waals surface area contributed by atoms with Gasteiger partial charge < -0.3 is 9.47 Å². The Balaban J connectivity index is 2.37. The first-order valence-corrected chi connectivity index (χ1v) is 8.56. The van der Waals surface area contributed by atoms with Gasteiger partial charge in [0.05, 0.1) is 24.8 Å². The summed E-state index contributed by atoms with van der Waals surface area (Å²) in [4.78, 5) is 35.6. The van der Waals surface area contributed by atoms with Crippen LogP contribution in [0.1, 0.15) is 20.8 Å². The van der Waals surface area contributed by atoms with Gasteiger partial charge >= 0.3 is 11.9 Å². The number of esters is 2. The summed E-state index contributed by atoms with van der Waals surface area (Å²) in [7, 11) is 2.32. The van der Waals surface area contributed by atoms with Gasteiger partial charge in [-0.25, -0.2) is 14.3 Å². The molecule has 0 unspecified atom stereocenters. The third-order valence-electron chi connectivity index (χ3n) is 4.07. The summed E-state index contributed by atoms with van der Waals surface area (Å²) in [6, 6.07) is 12.5. The molecule has 9 nitrogen and oxygen atoms in total. The second kappa shape index (κ2) is 8.11. The zero-order valence-corrected chi connectivity index (χ0v) is 16.0. The first-order valence-electron chi connectivity index (χ1n) is 8.18. The first kappa shape index (κ1) is 20.0. The van der Waals surface area contributed by atoms with E-state index in [2.05, 4.69) is 5.10 Å². The Kier molecular flexibility index (Phi) is 5.60. The molecule has 0 saturated carbocycles. The van der Waals surface area contributed by atoms with Crippen molar-refractivity contribution in [2.75, 3.05) is 14.2 Å². The molecule has 0 spiro atoms. The molecule has 0 N–H and O–H groups in total. The van der Waals surface area contributed by atoms with Gasteiger partial charge in [0.15, 0.2) is 5.69 Å². The SMILES string of the molecule is COC(=O)c1c(-c2ccc(Cl)c([N+](=O)[O-])c2)nn(-c2ccccc2)c1C(=O)OC. The number of benzene rings is 2. The number of nitro benzene ring substituents is 1. The van der Waals surface area contributed by atoms with Crippen LogP contribution >= 0.6 is 11.6 Å². The van der Waals surface area contributed by atoms with Crippen LogP contribution in [-0.4, -0.2) is 40.9 Å². The number of carbonyl (C=O) groups excluding carboxylic acids is 2. The molecule has 3 aromatic rings. The molecule has 10 heteroatoms. The minimum absolute atomic E-state index is 0.0147. The number of nitrogens with zero attached hydrogens (tertiary/aromatic N) is 3. The van der Waals surface area contributed by atoms with E-state index in [1.165, 1.54) is 30.0 Å². The van der Waals surface area contributed by atoms with Crippen LogP contribution in [0.4, 0.5) is 5.69 Å². The minimum Gasteiger partial charge on any atom is -0.465 e. The summed E-state index contributed by atoms with van der Waals surface area (Å²) >= 11 is 5.88. The van der Waals surface area contributed by atoms with E-state index in [1.54, 1.807) is 30.3 Å². The molecule has 0 saturated heterocycles. The van der Waals surface area contributed by atoms with Crippen LogP contribution in [0.3, 0.4) is 0 Å². The zero-order chi connectivity index (χ0) is 21.1. The quantitative estimate of drug-likeness (QED) is 0.354. The Bertz CT molecular complexity index is 1110. The molecule has 0 amide bonds. The third-order valence-corrected chi connectivity index (χ3v) is 4.39. The summed E-state index contributed by atoms with van der Waals surface area (Å²) in [5.74, 6) is -1.67. The monoisotopic (exact) mass is 415 g/mol. The van der Waals surface area contributed by atoms with Gasteiger partial charge in [-0.1, -0.05) is 35.9 Å². The van der Waals surface area contributed by atoms with Crippen LogP contribution in [0, 0.1) is 10.1 Å². The predicted octanol–water partition coefficient (Wildman–Crippen LogP) is 3.67. The fourth-order valence-corrected chi connectivity index (χ4v) is 2.94. The highest BCUT2D eigenvalue weighted by Gasteiger charge is 2.32. The number of ether oxygens (including phenoxy) is 2. The van der Waals surface area contributed by atoms with Crippen LogP contribution in [0.2, 0.25) is 5.02 Å². The Morgan fingerprint density at radius 2 is 1.72 bits per heavy atom. The van der Waals surface area contributed by atoms with Crippen molar-refractivity contribution in [3.8, 4) is 16.9 Å². The fraction of sp³-hybridized carbons (Fsp3) is 0.105. The number of aromatic nitrogens is 2. The highest BCUT2D eigenvalue weighted by atomic mass is 35.5. The number of para-hydroxylation sites is 1. The van der Waals surface area contributed by atoms with Gasteiger partial charge in [0.25, 0.3) is 5.69 Å². The third kappa shape index (κ3) is 3.67. The molecule has 148 valence electrons. The van der Waals surface area contributed by atoms with Crippen molar-refractivity contribution in [2.45, 2.75) is 0 Å². The van der Waals surface area contributed by atoms with Gasteiger partial charge in [-0.15, -0.1) is 0 Å². The lowest BCUT2D eigenvalue weighted by Crippen LogP contribution is -2.15. The maximum atomic E-state index is 12.5. The number of hydrogen-bond donors (Lipinski definition) is 0. The van der Waals surface area contributed by atoms with Gasteiger partial charge in [-0.2, -0.15) is 5.10 Å². The van der Waals surface area contributed by atoms with Crippen molar-refractivity contribution in [2.24, 2.45) is 0 Å². The Hall–Kier alpha value is -3.72. The van der Waals surface area contributed by atoms with Crippen molar-refractivity contribution in [1.82, 2.24) is 9.78 Å². The summed E-state index contributed by atoms with van der Waals surface area (Å²) in [6.45, 7) is 0. The van der Waals surface area contributed by atoms with Gasteiger partial charge in [0.1, 0.15) is 16.3 Å². The van der Waals surface area contributed by atoms with Crippen molar-refractivity contribution in [3.63, 3.8) is 0 Å². The molecular weight excluding hydrogens is 402 g/mol. The van der Waals surface area contributed by atoms with E-state index < -0.39 is 16.9 Å². The summed E-state index contributed by atoms with van der Waals surface area (Å²) in [5.41, 5.74) is -0.0122. The highest BCUT2D eigenvalue weighted by molar-refractivity contribution is 6.32. The van der Waals surface area contributed by atoms with Crippen LogP contribution in [-0.2, 0) is 9.47 Å². The van der Waals surface area contributed by atoms with Crippen LogP contribution < -0.4 is 0 Å². The fourth-order valence-electron chi connectivity index (χ4n) is 2.76. The Morgan fingerprint density at radius 3 is 2.31 bits per heavy atom. The molecule has 0 radical (unpaired) electrons. The smallest absolute Gasteiger partial charge is 0.357 e. The molecule has 1 heterocycles. The lowest BCUT2D eigenvalue weighted by atomic mass is 10.0. The number of carbonyl (C=O) groups is 2. The highest BCUT2D eigenvalue weighted by Crippen LogP contribution is 2.34. The van der Waals surface area contributed by atoms with Gasteiger partial charge in [0, 0.05) is 11.6 Å². The normalized spacial score (nSPS) is 10.4. The molecule has 0 atom stereocenters. The lowest BCUT2D eigenvalue weighted by Gasteiger charge is -2.07. The zero-order valence-electron chi connectivity index (χ0n) is 15.3. The van der Waals surface area contributed by atoms with Crippen LogP contribution in [0.5, 0.6) is 0 Å². The standard InChI is InChI=1S/C19H14ClN3O6/c1-28-18(24)15-16(11-8-9-13(20)14(10-11)23(26)27)21-22(17(15)19(25)29-2)12-6-4-3-5-7-12/h3-10H,1-2H3. The second-order valence-electron chi connectivity index (χ2n) is 5.73. The number of hydrogen-bond acceptors (Lipinski definition) is 7. The molecular formula is C19H14ClN3O6. The summed E-state index contributed by atoms with van der Waals surface area (Å²) < 4.78 is 10.9. The molecule has 0 aliphatic carbocycles. The average Bonchev–Trinajstić information content (AvgIpc) is 3.14. The maximum Gasteiger partial charge on any atom is 0.357 e. The topological polar surface area (TPSA) is 114 Å². The largest absolute Gasteiger partial charge is 0.465 e. The van der Waals surface area contributed by atoms with Gasteiger partial charge in [0.2, 0.25) is 0 Å². The van der Waals surface area contributed by atoms with Crippen LogP contribution in [0.25, 0.3) is 16.9 Å². The van der Waals surface area contributed by atoms with E-state index in [1.807, 2.05) is 0 Å². The second-order valence-corrected chi connectivity index (χ2v) is 6.13. The van der Waals surface area contributed by atoms with Crippen molar-refractivity contribution in [1.29, 1.82) is 0 Å². The lowest BCUT2D eigenvalue weighted by molar-refractivity contribution is -0.384. The Morgan fingerprint density at radius 1 is 1.07 bits per heavy atom. The van der Waals surface area contributed by atoms with E-state index in [9.17, 15) is 19.7 Å². The van der Waals surface area contributed by atoms with Crippen molar-refractivity contribution in [3.05, 3.63) is 74.9 Å². The maximum absolute atomic E-state index is 12.5. The van der Waals surface area contributed by atoms with Crippen molar-refractivity contribution >= 4 is 29.2 Å². The predicted molar refractivity (Wildman–Crippen MR) is 103 cm³/mol. The van der Waals surface area contributed by atoms with Gasteiger partial charge in [-0.3, -0.25) is 10.1 Å². The number of halogens is 1. The van der Waals surface area contributed by atoms with E-state index >= 15 is 0 Å². The minimum atomic E-state index is -0.847. The van der Waals surface area contributed by atoms with E-state index in [0.29, 0.717) is 5.69 Å². The van der Waals surface area contributed by atoms with Crippen molar-refractivity contribution < 1.29 is 24.0 Å². The molecule has 3 rings (SSSR count). The molecule has 2 aromatic carbocycles. The molecule has 0 fully saturated rings. The summed E-state index contributed by atoms with van der Waals surface area (Å²) in [6.07, 6.45) is 0. The van der Waals surface area contributed by atoms with E-state index in [0.717, 1.165) is 7.11 Å². The van der Waals surface area contributed by atoms with Gasteiger partial charge in [-0.05, 0) is 18.2 Å². The Labute approximate surface area is 169 Å². The number of nitro groups is 1. The van der Waals surface area contributed by atoms with E-state index in [-0.39, 0.29) is 33.2 Å².